The number of carbonyl (C=O) groups excluding carboxylic acids is 3. The summed E-state index contributed by atoms with van der Waals surface area (Å²) < 4.78 is 0. The zero-order valence-corrected chi connectivity index (χ0v) is 18.0. The lowest BCUT2D eigenvalue weighted by atomic mass is 9.87. The molecule has 2 unspecified atom stereocenters. The number of aliphatic hydroxyl groups excluding tert-OH is 1. The fourth-order valence-corrected chi connectivity index (χ4v) is 3.80. The average molecular weight is 398 g/mol. The van der Waals surface area contributed by atoms with Crippen LogP contribution in [0.1, 0.15) is 66.7 Å². The quantitative estimate of drug-likeness (QED) is 0.415. The fourth-order valence-electron chi connectivity index (χ4n) is 3.80. The number of hydrogen-bond acceptors (Lipinski definition) is 6. The number of piperidine rings is 1. The van der Waals surface area contributed by atoms with Crippen LogP contribution in [-0.4, -0.2) is 53.4 Å². The number of Topliss-reactive ketones (excluding diaryl/α,β-unsaturated/α-hetero) is 2. The Kier molecular flexibility index (Phi) is 10.3. The summed E-state index contributed by atoms with van der Waals surface area (Å²) in [6.45, 7) is 9.30. The van der Waals surface area contributed by atoms with E-state index in [1.54, 1.807) is 13.8 Å². The van der Waals surface area contributed by atoms with Crippen LogP contribution < -0.4 is 16.4 Å². The topological polar surface area (TPSA) is 122 Å². The average Bonchev–Trinajstić information content (AvgIpc) is 2.62. The Bertz CT molecular complexity index is 534. The molecule has 0 aromatic carbocycles. The number of hydrogen-bond donors (Lipinski definition) is 4. The summed E-state index contributed by atoms with van der Waals surface area (Å²) >= 11 is 0. The SMILES string of the molecule is CC(C)CC1CCCC(C(=O)C[C@H](C(=O)N[C@@H](CN)C(=O)C(C)C)[C@H](C)O)N1. The van der Waals surface area contributed by atoms with Crippen molar-refractivity contribution in [3.63, 3.8) is 0 Å². The Labute approximate surface area is 169 Å². The van der Waals surface area contributed by atoms with Gasteiger partial charge < -0.3 is 21.5 Å². The van der Waals surface area contributed by atoms with Gasteiger partial charge in [0.2, 0.25) is 5.91 Å². The van der Waals surface area contributed by atoms with Crippen molar-refractivity contribution in [2.24, 2.45) is 23.5 Å². The first-order valence-electron chi connectivity index (χ1n) is 10.6. The van der Waals surface area contributed by atoms with E-state index in [1.807, 2.05) is 0 Å². The van der Waals surface area contributed by atoms with Crippen molar-refractivity contribution >= 4 is 17.5 Å². The highest BCUT2D eigenvalue weighted by molar-refractivity contribution is 5.94. The second-order valence-corrected chi connectivity index (χ2v) is 8.85. The third-order valence-corrected chi connectivity index (χ3v) is 5.43. The summed E-state index contributed by atoms with van der Waals surface area (Å²) in [7, 11) is 0. The third kappa shape index (κ3) is 7.60. The molecule has 0 spiro atoms. The first kappa shape index (κ1) is 24.7. The van der Waals surface area contributed by atoms with E-state index in [2.05, 4.69) is 24.5 Å². The zero-order chi connectivity index (χ0) is 21.4. The molecule has 0 saturated carbocycles. The summed E-state index contributed by atoms with van der Waals surface area (Å²) in [6, 6.07) is -0.770. The predicted molar refractivity (Wildman–Crippen MR) is 110 cm³/mol. The van der Waals surface area contributed by atoms with Crippen molar-refractivity contribution < 1.29 is 19.5 Å². The van der Waals surface area contributed by atoms with Gasteiger partial charge in [-0.25, -0.2) is 0 Å². The molecule has 0 aliphatic carbocycles. The summed E-state index contributed by atoms with van der Waals surface area (Å²) in [5, 5.41) is 16.1. The lowest BCUT2D eigenvalue weighted by molar-refractivity contribution is -0.136. The maximum absolute atomic E-state index is 12.8. The van der Waals surface area contributed by atoms with Crippen molar-refractivity contribution in [3.8, 4) is 0 Å². The first-order valence-corrected chi connectivity index (χ1v) is 10.6. The minimum absolute atomic E-state index is 0.00963. The minimum Gasteiger partial charge on any atom is -0.393 e. The number of aliphatic hydroxyl groups is 1. The molecule has 1 aliphatic rings. The lowest BCUT2D eigenvalue weighted by Crippen LogP contribution is -2.52. The van der Waals surface area contributed by atoms with E-state index < -0.39 is 24.0 Å². The Hall–Kier alpha value is -1.31. The molecule has 0 bridgehead atoms. The molecular weight excluding hydrogens is 358 g/mol. The van der Waals surface area contributed by atoms with Gasteiger partial charge in [0, 0.05) is 24.9 Å². The Morgan fingerprint density at radius 2 is 1.79 bits per heavy atom. The van der Waals surface area contributed by atoms with E-state index in [1.165, 1.54) is 6.92 Å². The van der Waals surface area contributed by atoms with Crippen LogP contribution >= 0.6 is 0 Å². The second-order valence-electron chi connectivity index (χ2n) is 8.85. The number of nitrogens with two attached hydrogens (primary N) is 1. The number of nitrogens with one attached hydrogen (secondary N) is 2. The molecule has 1 rings (SSSR count). The van der Waals surface area contributed by atoms with Gasteiger partial charge in [-0.15, -0.1) is 0 Å². The third-order valence-electron chi connectivity index (χ3n) is 5.43. The Morgan fingerprint density at radius 3 is 2.29 bits per heavy atom. The molecule has 5 N–H and O–H groups in total. The summed E-state index contributed by atoms with van der Waals surface area (Å²) in [6.07, 6.45) is 2.75. The molecule has 1 amide bonds. The van der Waals surface area contributed by atoms with Crippen LogP contribution in [0.4, 0.5) is 0 Å². The van der Waals surface area contributed by atoms with Crippen molar-refractivity contribution in [1.82, 2.24) is 10.6 Å². The largest absolute Gasteiger partial charge is 0.393 e. The highest BCUT2D eigenvalue weighted by atomic mass is 16.3. The van der Waals surface area contributed by atoms with Gasteiger partial charge >= 0.3 is 0 Å². The normalized spacial score (nSPS) is 23.3. The van der Waals surface area contributed by atoms with Crippen LogP contribution in [0.25, 0.3) is 0 Å². The van der Waals surface area contributed by atoms with Crippen LogP contribution in [0.3, 0.4) is 0 Å². The molecule has 1 fully saturated rings. The van der Waals surface area contributed by atoms with Crippen LogP contribution in [0.2, 0.25) is 0 Å². The highest BCUT2D eigenvalue weighted by Gasteiger charge is 2.34. The molecule has 0 aromatic rings. The van der Waals surface area contributed by atoms with Gasteiger partial charge in [-0.05, 0) is 38.5 Å². The fraction of sp³-hybridized carbons (Fsp3) is 0.857. The smallest absolute Gasteiger partial charge is 0.226 e. The van der Waals surface area contributed by atoms with Gasteiger partial charge in [0.25, 0.3) is 0 Å². The Morgan fingerprint density at radius 1 is 1.14 bits per heavy atom. The van der Waals surface area contributed by atoms with Gasteiger partial charge in [-0.3, -0.25) is 14.4 Å². The van der Waals surface area contributed by atoms with Crippen LogP contribution in [0, 0.1) is 17.8 Å². The Balaban J connectivity index is 2.73. The van der Waals surface area contributed by atoms with E-state index in [0.29, 0.717) is 12.0 Å². The molecule has 162 valence electrons. The van der Waals surface area contributed by atoms with Gasteiger partial charge in [0.1, 0.15) is 0 Å². The van der Waals surface area contributed by atoms with Crippen molar-refractivity contribution in [1.29, 1.82) is 0 Å². The monoisotopic (exact) mass is 397 g/mol. The van der Waals surface area contributed by atoms with Crippen LogP contribution in [0.15, 0.2) is 0 Å². The van der Waals surface area contributed by atoms with E-state index in [0.717, 1.165) is 25.7 Å². The minimum atomic E-state index is -0.994. The van der Waals surface area contributed by atoms with Crippen molar-refractivity contribution in [2.75, 3.05) is 6.54 Å². The van der Waals surface area contributed by atoms with Crippen LogP contribution in [0.5, 0.6) is 0 Å². The van der Waals surface area contributed by atoms with Crippen LogP contribution in [-0.2, 0) is 14.4 Å². The van der Waals surface area contributed by atoms with E-state index >= 15 is 0 Å². The summed E-state index contributed by atoms with van der Waals surface area (Å²) in [5.74, 6) is -1.32. The van der Waals surface area contributed by atoms with E-state index in [4.69, 9.17) is 5.73 Å². The van der Waals surface area contributed by atoms with Gasteiger partial charge in [0.05, 0.1) is 24.1 Å². The van der Waals surface area contributed by atoms with Gasteiger partial charge in [0.15, 0.2) is 11.6 Å². The molecular formula is C21H39N3O4. The first-order chi connectivity index (χ1) is 13.1. The van der Waals surface area contributed by atoms with E-state index in [-0.39, 0.29) is 36.5 Å². The summed E-state index contributed by atoms with van der Waals surface area (Å²) in [4.78, 5) is 37.6. The maximum atomic E-state index is 12.8. The molecule has 28 heavy (non-hydrogen) atoms. The molecule has 5 atom stereocenters. The number of amides is 1. The number of ketones is 2. The van der Waals surface area contributed by atoms with Gasteiger partial charge in [-0.1, -0.05) is 27.7 Å². The van der Waals surface area contributed by atoms with E-state index in [9.17, 15) is 19.5 Å². The molecule has 0 aromatic heterocycles. The summed E-state index contributed by atoms with van der Waals surface area (Å²) in [5.41, 5.74) is 5.63. The number of rotatable bonds is 11. The van der Waals surface area contributed by atoms with Crippen molar-refractivity contribution in [2.45, 2.75) is 91.0 Å². The maximum Gasteiger partial charge on any atom is 0.226 e. The highest BCUT2D eigenvalue weighted by Crippen LogP contribution is 2.21. The molecule has 1 aliphatic heterocycles. The second kappa shape index (κ2) is 11.6. The van der Waals surface area contributed by atoms with Crippen molar-refractivity contribution in [3.05, 3.63) is 0 Å². The lowest BCUT2D eigenvalue weighted by Gasteiger charge is -2.32. The molecule has 7 nitrogen and oxygen atoms in total. The number of carbonyl (C=O) groups is 3. The predicted octanol–water partition coefficient (Wildman–Crippen LogP) is 1.17. The standard InChI is InChI=1S/C21H39N3O4/c1-12(2)9-15-7-6-8-17(23-15)19(26)10-16(14(5)25)21(28)24-18(11-22)20(27)13(3)4/h12-18,23,25H,6-11,22H2,1-5H3,(H,24,28)/t14-,15?,16-,17?,18-/m0/s1. The molecule has 7 heteroatoms. The molecule has 1 saturated heterocycles. The molecule has 1 heterocycles. The molecule has 0 radical (unpaired) electrons. The zero-order valence-electron chi connectivity index (χ0n) is 18.0. The van der Waals surface area contributed by atoms with Gasteiger partial charge in [-0.2, -0.15) is 0 Å².